The van der Waals surface area contributed by atoms with Crippen molar-refractivity contribution >= 4 is 9.84 Å². The molecule has 3 heterocycles. The molecule has 0 aliphatic carbocycles. The maximum atomic E-state index is 12.3. The minimum Gasteiger partial charge on any atom is -0.415 e. The summed E-state index contributed by atoms with van der Waals surface area (Å²) in [5.41, 5.74) is 3.91. The molecular weight excluding hydrogens is 438 g/mol. The monoisotopic (exact) mass is 461 g/mol. The first kappa shape index (κ1) is 21.4. The van der Waals surface area contributed by atoms with E-state index in [9.17, 15) is 8.42 Å². The number of rotatable bonds is 6. The maximum Gasteiger partial charge on any atom is 0.268 e. The molecule has 1 N–H and O–H groups in total. The quantitative estimate of drug-likeness (QED) is 0.462. The molecular formula is C24H23N5O3S. The lowest BCUT2D eigenvalue weighted by Crippen LogP contribution is -2.39. The van der Waals surface area contributed by atoms with Crippen LogP contribution in [0.3, 0.4) is 0 Å². The highest BCUT2D eigenvalue weighted by molar-refractivity contribution is 7.92. The summed E-state index contributed by atoms with van der Waals surface area (Å²) in [6.45, 7) is 5.35. The SMILES string of the molecule is CC(C)S(=O)(=O)c1ccc(-c2cncc(-c3nnc(-c4ccc(C5CNC5)cc4)o3)n2)cc1. The summed E-state index contributed by atoms with van der Waals surface area (Å²) >= 11 is 0. The lowest BCUT2D eigenvalue weighted by atomic mass is 9.93. The second-order valence-electron chi connectivity index (χ2n) is 8.30. The van der Waals surface area contributed by atoms with Gasteiger partial charge in [-0.2, -0.15) is 0 Å². The zero-order chi connectivity index (χ0) is 23.0. The van der Waals surface area contributed by atoms with Gasteiger partial charge < -0.3 is 9.73 Å². The number of nitrogens with one attached hydrogen (secondary N) is 1. The van der Waals surface area contributed by atoms with E-state index in [1.54, 1.807) is 50.5 Å². The molecule has 0 unspecified atom stereocenters. The van der Waals surface area contributed by atoms with Crippen molar-refractivity contribution in [3.05, 3.63) is 66.5 Å². The summed E-state index contributed by atoms with van der Waals surface area (Å²) < 4.78 is 30.6. The van der Waals surface area contributed by atoms with Crippen LogP contribution in [0, 0.1) is 0 Å². The first-order valence-electron chi connectivity index (χ1n) is 10.7. The van der Waals surface area contributed by atoms with Crippen LogP contribution in [0.15, 0.2) is 70.2 Å². The second-order valence-corrected chi connectivity index (χ2v) is 10.8. The fourth-order valence-electron chi connectivity index (χ4n) is 3.56. The normalized spacial score (nSPS) is 14.4. The molecule has 0 radical (unpaired) electrons. The van der Waals surface area contributed by atoms with E-state index in [1.165, 1.54) is 5.56 Å². The predicted molar refractivity (Wildman–Crippen MR) is 124 cm³/mol. The van der Waals surface area contributed by atoms with Gasteiger partial charge in [-0.25, -0.2) is 13.4 Å². The van der Waals surface area contributed by atoms with E-state index in [1.807, 2.05) is 12.1 Å². The number of sulfone groups is 1. The van der Waals surface area contributed by atoms with Crippen LogP contribution in [0.5, 0.6) is 0 Å². The van der Waals surface area contributed by atoms with Crippen molar-refractivity contribution in [3.8, 4) is 34.3 Å². The molecule has 33 heavy (non-hydrogen) atoms. The average molecular weight is 462 g/mol. The average Bonchev–Trinajstić information content (AvgIpc) is 3.29. The summed E-state index contributed by atoms with van der Waals surface area (Å²) in [7, 11) is -3.33. The van der Waals surface area contributed by atoms with Gasteiger partial charge in [-0.1, -0.05) is 24.3 Å². The van der Waals surface area contributed by atoms with Crippen molar-refractivity contribution in [2.24, 2.45) is 0 Å². The number of hydrogen-bond acceptors (Lipinski definition) is 8. The Bertz CT molecular complexity index is 1380. The summed E-state index contributed by atoms with van der Waals surface area (Å²) in [5.74, 6) is 1.25. The van der Waals surface area contributed by atoms with Crippen LogP contribution in [-0.4, -0.2) is 46.9 Å². The van der Waals surface area contributed by atoms with Crippen molar-refractivity contribution in [1.29, 1.82) is 0 Å². The first-order chi connectivity index (χ1) is 15.9. The summed E-state index contributed by atoms with van der Waals surface area (Å²) in [5, 5.41) is 11.1. The van der Waals surface area contributed by atoms with Gasteiger partial charge in [0.15, 0.2) is 9.84 Å². The molecule has 0 amide bonds. The Labute approximate surface area is 192 Å². The molecule has 1 saturated heterocycles. The van der Waals surface area contributed by atoms with Crippen LogP contribution >= 0.6 is 0 Å². The smallest absolute Gasteiger partial charge is 0.268 e. The van der Waals surface area contributed by atoms with Gasteiger partial charge in [0.05, 0.1) is 28.2 Å². The summed E-state index contributed by atoms with van der Waals surface area (Å²) in [6.07, 6.45) is 3.17. The zero-order valence-electron chi connectivity index (χ0n) is 18.3. The largest absolute Gasteiger partial charge is 0.415 e. The summed E-state index contributed by atoms with van der Waals surface area (Å²) in [4.78, 5) is 9.12. The van der Waals surface area contributed by atoms with Gasteiger partial charge in [0.1, 0.15) is 5.69 Å². The number of nitrogens with zero attached hydrogens (tertiary/aromatic N) is 4. The number of benzene rings is 2. The Balaban J connectivity index is 1.38. The Morgan fingerprint density at radius 1 is 0.879 bits per heavy atom. The fraction of sp³-hybridized carbons (Fsp3) is 0.250. The minimum atomic E-state index is -3.33. The van der Waals surface area contributed by atoms with E-state index >= 15 is 0 Å². The van der Waals surface area contributed by atoms with Gasteiger partial charge in [0.25, 0.3) is 5.89 Å². The fourth-order valence-corrected chi connectivity index (χ4v) is 4.62. The van der Waals surface area contributed by atoms with Crippen molar-refractivity contribution < 1.29 is 12.8 Å². The van der Waals surface area contributed by atoms with Gasteiger partial charge >= 0.3 is 0 Å². The van der Waals surface area contributed by atoms with E-state index in [2.05, 4.69) is 37.6 Å². The molecule has 1 fully saturated rings. The second kappa shape index (κ2) is 8.49. The molecule has 0 spiro atoms. The molecule has 4 aromatic rings. The lowest BCUT2D eigenvalue weighted by molar-refractivity contribution is 0.448. The predicted octanol–water partition coefficient (Wildman–Crippen LogP) is 3.73. The van der Waals surface area contributed by atoms with Gasteiger partial charge in [0, 0.05) is 30.1 Å². The number of hydrogen-bond donors (Lipinski definition) is 1. The van der Waals surface area contributed by atoms with Crippen LogP contribution in [0.25, 0.3) is 34.3 Å². The minimum absolute atomic E-state index is 0.269. The lowest BCUT2D eigenvalue weighted by Gasteiger charge is -2.27. The molecule has 1 aliphatic heterocycles. The van der Waals surface area contributed by atoms with E-state index in [4.69, 9.17) is 4.42 Å². The summed E-state index contributed by atoms with van der Waals surface area (Å²) in [6, 6.07) is 14.8. The highest BCUT2D eigenvalue weighted by atomic mass is 32.2. The molecule has 0 saturated carbocycles. The van der Waals surface area contributed by atoms with Crippen LogP contribution in [0.2, 0.25) is 0 Å². The Kier molecular flexibility index (Phi) is 5.51. The van der Waals surface area contributed by atoms with Crippen molar-refractivity contribution in [3.63, 3.8) is 0 Å². The molecule has 168 valence electrons. The van der Waals surface area contributed by atoms with Crippen molar-refractivity contribution in [2.45, 2.75) is 29.9 Å². The Morgan fingerprint density at radius 3 is 2.15 bits per heavy atom. The third-order valence-electron chi connectivity index (χ3n) is 5.79. The van der Waals surface area contributed by atoms with Gasteiger partial charge in [-0.15, -0.1) is 10.2 Å². The first-order valence-corrected chi connectivity index (χ1v) is 12.3. The van der Waals surface area contributed by atoms with Crippen LogP contribution in [-0.2, 0) is 9.84 Å². The van der Waals surface area contributed by atoms with E-state index in [0.29, 0.717) is 23.2 Å². The van der Waals surface area contributed by atoms with Crippen LogP contribution < -0.4 is 5.32 Å². The van der Waals surface area contributed by atoms with E-state index in [-0.39, 0.29) is 10.8 Å². The van der Waals surface area contributed by atoms with Crippen LogP contribution in [0.1, 0.15) is 25.3 Å². The highest BCUT2D eigenvalue weighted by Gasteiger charge is 2.20. The standard InChI is InChI=1S/C24H23N5O3S/c1-15(2)33(30,31)20-9-7-17(8-10-20)21-13-26-14-22(27-21)24-29-28-23(32-24)18-5-3-16(4-6-18)19-11-25-12-19/h3-10,13-15,19,25H,11-12H2,1-2H3. The molecule has 1 aliphatic rings. The topological polar surface area (TPSA) is 111 Å². The van der Waals surface area contributed by atoms with Crippen molar-refractivity contribution in [1.82, 2.24) is 25.5 Å². The van der Waals surface area contributed by atoms with Gasteiger partial charge in [-0.05, 0) is 43.7 Å². The zero-order valence-corrected chi connectivity index (χ0v) is 19.1. The van der Waals surface area contributed by atoms with Gasteiger partial charge in [-0.3, -0.25) is 4.98 Å². The molecule has 8 nitrogen and oxygen atoms in total. The molecule has 9 heteroatoms. The number of aromatic nitrogens is 4. The maximum absolute atomic E-state index is 12.3. The Morgan fingerprint density at radius 2 is 1.52 bits per heavy atom. The third-order valence-corrected chi connectivity index (χ3v) is 7.96. The molecule has 2 aromatic carbocycles. The van der Waals surface area contributed by atoms with Crippen LogP contribution in [0.4, 0.5) is 0 Å². The Hall–Kier alpha value is -3.43. The van der Waals surface area contributed by atoms with Gasteiger partial charge in [0.2, 0.25) is 5.89 Å². The van der Waals surface area contributed by atoms with Crippen molar-refractivity contribution in [2.75, 3.05) is 13.1 Å². The molecule has 2 aromatic heterocycles. The molecule has 0 bridgehead atoms. The molecule has 0 atom stereocenters. The van der Waals surface area contributed by atoms with E-state index < -0.39 is 15.1 Å². The highest BCUT2D eigenvalue weighted by Crippen LogP contribution is 2.27. The third kappa shape index (κ3) is 4.17. The molecule has 5 rings (SSSR count). The van der Waals surface area contributed by atoms with E-state index in [0.717, 1.165) is 24.2 Å².